The van der Waals surface area contributed by atoms with Crippen LogP contribution in [0.5, 0.6) is 0 Å². The fourth-order valence-electron chi connectivity index (χ4n) is 2.55. The molecule has 130 valence electrons. The van der Waals surface area contributed by atoms with Crippen LogP contribution in [0, 0.1) is 5.82 Å². The van der Waals surface area contributed by atoms with Crippen molar-refractivity contribution in [3.05, 3.63) is 84.2 Å². The molecule has 25 heavy (non-hydrogen) atoms. The lowest BCUT2D eigenvalue weighted by atomic mass is 10.0. The van der Waals surface area contributed by atoms with Gasteiger partial charge in [0.25, 0.3) is 0 Å². The van der Waals surface area contributed by atoms with E-state index in [1.165, 1.54) is 24.0 Å². The molecule has 4 nitrogen and oxygen atoms in total. The topological polar surface area (TPSA) is 49.4 Å². The first-order chi connectivity index (χ1) is 12.0. The van der Waals surface area contributed by atoms with Crippen molar-refractivity contribution >= 4 is 11.8 Å². The molecule has 0 spiro atoms. The average molecular weight is 340 g/mol. The summed E-state index contributed by atoms with van der Waals surface area (Å²) in [6, 6.07) is 14.2. The van der Waals surface area contributed by atoms with Gasteiger partial charge in [0.05, 0.1) is 0 Å². The van der Waals surface area contributed by atoms with Crippen LogP contribution >= 0.6 is 0 Å². The van der Waals surface area contributed by atoms with Crippen LogP contribution in [0.1, 0.15) is 24.1 Å². The molecule has 0 fully saturated rings. The predicted octanol–water partition coefficient (Wildman–Crippen LogP) is 3.22. The highest BCUT2D eigenvalue weighted by Gasteiger charge is 2.29. The summed E-state index contributed by atoms with van der Waals surface area (Å²) in [5.74, 6) is -0.878. The maximum atomic E-state index is 13.1. The molecule has 0 saturated heterocycles. The first-order valence-corrected chi connectivity index (χ1v) is 7.98. The fourth-order valence-corrected chi connectivity index (χ4v) is 2.55. The van der Waals surface area contributed by atoms with Gasteiger partial charge in [-0.15, -0.1) is 6.58 Å². The molecule has 0 unspecified atom stereocenters. The van der Waals surface area contributed by atoms with Crippen molar-refractivity contribution in [2.75, 3.05) is 6.54 Å². The first-order valence-electron chi connectivity index (χ1n) is 7.98. The van der Waals surface area contributed by atoms with Crippen molar-refractivity contribution in [2.45, 2.75) is 19.5 Å². The number of benzene rings is 2. The van der Waals surface area contributed by atoms with Crippen LogP contribution in [0.25, 0.3) is 0 Å². The molecule has 0 aliphatic carbocycles. The smallest absolute Gasteiger partial charge is 0.247 e. The van der Waals surface area contributed by atoms with Crippen LogP contribution in [-0.4, -0.2) is 23.3 Å². The van der Waals surface area contributed by atoms with E-state index in [0.717, 1.165) is 5.56 Å². The van der Waals surface area contributed by atoms with Gasteiger partial charge in [0.15, 0.2) is 0 Å². The van der Waals surface area contributed by atoms with Gasteiger partial charge in [0.2, 0.25) is 11.8 Å². The standard InChI is InChI=1S/C20H21FN2O2/c1-3-13-22-20(25)19(17-7-5-4-6-8-17)23(15(2)24)14-16-9-11-18(21)12-10-16/h3-12,19H,1,13-14H2,2H3,(H,22,25)/t19-/m1/s1. The second-order valence-corrected chi connectivity index (χ2v) is 5.62. The number of halogens is 1. The minimum Gasteiger partial charge on any atom is -0.351 e. The fraction of sp³-hybridized carbons (Fsp3) is 0.200. The summed E-state index contributed by atoms with van der Waals surface area (Å²) < 4.78 is 13.1. The van der Waals surface area contributed by atoms with Crippen LogP contribution < -0.4 is 5.32 Å². The molecule has 2 amide bonds. The summed E-state index contributed by atoms with van der Waals surface area (Å²) in [7, 11) is 0. The lowest BCUT2D eigenvalue weighted by Crippen LogP contribution is -2.42. The van der Waals surface area contributed by atoms with E-state index in [0.29, 0.717) is 12.1 Å². The third-order valence-corrected chi connectivity index (χ3v) is 3.77. The molecule has 1 atom stereocenters. The van der Waals surface area contributed by atoms with E-state index in [1.807, 2.05) is 18.2 Å². The van der Waals surface area contributed by atoms with Crippen LogP contribution in [-0.2, 0) is 16.1 Å². The number of carbonyl (C=O) groups excluding carboxylic acids is 2. The van der Waals surface area contributed by atoms with Crippen LogP contribution in [0.2, 0.25) is 0 Å². The van der Waals surface area contributed by atoms with Crippen LogP contribution in [0.3, 0.4) is 0 Å². The molecule has 0 bridgehead atoms. The summed E-state index contributed by atoms with van der Waals surface area (Å²) in [6.45, 7) is 5.52. The molecule has 0 aliphatic heterocycles. The van der Waals surface area contributed by atoms with E-state index in [4.69, 9.17) is 0 Å². The number of nitrogens with one attached hydrogen (secondary N) is 1. The summed E-state index contributed by atoms with van der Waals surface area (Å²) >= 11 is 0. The number of hydrogen-bond donors (Lipinski definition) is 1. The Balaban J connectivity index is 2.35. The maximum absolute atomic E-state index is 13.1. The van der Waals surface area contributed by atoms with Crippen molar-refractivity contribution in [3.8, 4) is 0 Å². The molecule has 0 aliphatic rings. The van der Waals surface area contributed by atoms with Crippen molar-refractivity contribution in [1.29, 1.82) is 0 Å². The normalized spacial score (nSPS) is 11.4. The minimum atomic E-state index is -0.774. The number of rotatable bonds is 7. The van der Waals surface area contributed by atoms with Crippen molar-refractivity contribution < 1.29 is 14.0 Å². The Morgan fingerprint density at radius 2 is 1.80 bits per heavy atom. The largest absolute Gasteiger partial charge is 0.351 e. The van der Waals surface area contributed by atoms with Crippen LogP contribution in [0.4, 0.5) is 4.39 Å². The molecule has 0 radical (unpaired) electrons. The van der Waals surface area contributed by atoms with E-state index in [1.54, 1.807) is 30.3 Å². The SMILES string of the molecule is C=CCNC(=O)[C@@H](c1ccccc1)N(Cc1ccc(F)cc1)C(C)=O. The van der Waals surface area contributed by atoms with Crippen molar-refractivity contribution in [1.82, 2.24) is 10.2 Å². The number of nitrogens with zero attached hydrogens (tertiary/aromatic N) is 1. The highest BCUT2D eigenvalue weighted by Crippen LogP contribution is 2.23. The highest BCUT2D eigenvalue weighted by molar-refractivity contribution is 5.88. The molecular formula is C20H21FN2O2. The van der Waals surface area contributed by atoms with E-state index in [9.17, 15) is 14.0 Å². The zero-order valence-corrected chi connectivity index (χ0v) is 14.1. The van der Waals surface area contributed by atoms with Gasteiger partial charge in [-0.05, 0) is 23.3 Å². The van der Waals surface area contributed by atoms with E-state index in [2.05, 4.69) is 11.9 Å². The first kappa shape index (κ1) is 18.4. The lowest BCUT2D eigenvalue weighted by Gasteiger charge is -2.30. The number of hydrogen-bond acceptors (Lipinski definition) is 2. The second kappa shape index (κ2) is 8.78. The third-order valence-electron chi connectivity index (χ3n) is 3.77. The predicted molar refractivity (Wildman–Crippen MR) is 95.0 cm³/mol. The van der Waals surface area contributed by atoms with Gasteiger partial charge in [0.1, 0.15) is 11.9 Å². The maximum Gasteiger partial charge on any atom is 0.247 e. The Labute approximate surface area is 147 Å². The quantitative estimate of drug-likeness (QED) is 0.787. The van der Waals surface area contributed by atoms with E-state index in [-0.39, 0.29) is 24.2 Å². The third kappa shape index (κ3) is 5.01. The Bertz CT molecular complexity index is 729. The van der Waals surface area contributed by atoms with Gasteiger partial charge in [0, 0.05) is 20.0 Å². The molecule has 2 aromatic rings. The number of carbonyl (C=O) groups is 2. The highest BCUT2D eigenvalue weighted by atomic mass is 19.1. The van der Waals surface area contributed by atoms with Gasteiger partial charge >= 0.3 is 0 Å². The van der Waals surface area contributed by atoms with Crippen LogP contribution in [0.15, 0.2) is 67.3 Å². The van der Waals surface area contributed by atoms with Crippen molar-refractivity contribution in [3.63, 3.8) is 0 Å². The Morgan fingerprint density at radius 1 is 1.16 bits per heavy atom. The molecule has 0 saturated carbocycles. The second-order valence-electron chi connectivity index (χ2n) is 5.62. The molecule has 0 aromatic heterocycles. The van der Waals surface area contributed by atoms with Gasteiger partial charge in [-0.3, -0.25) is 9.59 Å². The molecule has 2 rings (SSSR count). The zero-order valence-electron chi connectivity index (χ0n) is 14.1. The Kier molecular flexibility index (Phi) is 6.46. The van der Waals surface area contributed by atoms with Crippen molar-refractivity contribution in [2.24, 2.45) is 0 Å². The molecule has 1 N–H and O–H groups in total. The van der Waals surface area contributed by atoms with E-state index < -0.39 is 6.04 Å². The molecule has 5 heteroatoms. The Hall–Kier alpha value is -2.95. The molecular weight excluding hydrogens is 319 g/mol. The van der Waals surface area contributed by atoms with Gasteiger partial charge in [-0.2, -0.15) is 0 Å². The average Bonchev–Trinajstić information content (AvgIpc) is 2.62. The van der Waals surface area contributed by atoms with Gasteiger partial charge < -0.3 is 10.2 Å². The minimum absolute atomic E-state index is 0.205. The molecule has 2 aromatic carbocycles. The summed E-state index contributed by atoms with van der Waals surface area (Å²) in [5, 5.41) is 2.75. The Morgan fingerprint density at radius 3 is 2.36 bits per heavy atom. The zero-order chi connectivity index (χ0) is 18.2. The summed E-state index contributed by atoms with van der Waals surface area (Å²) in [4.78, 5) is 26.4. The van der Waals surface area contributed by atoms with E-state index >= 15 is 0 Å². The number of amides is 2. The molecule has 0 heterocycles. The summed E-state index contributed by atoms with van der Waals surface area (Å²) in [6.07, 6.45) is 1.58. The lowest BCUT2D eigenvalue weighted by molar-refractivity contribution is -0.139. The van der Waals surface area contributed by atoms with Gasteiger partial charge in [-0.1, -0.05) is 48.5 Å². The summed E-state index contributed by atoms with van der Waals surface area (Å²) in [5.41, 5.74) is 1.45. The monoisotopic (exact) mass is 340 g/mol. The van der Waals surface area contributed by atoms with Gasteiger partial charge in [-0.25, -0.2) is 4.39 Å².